The Morgan fingerprint density at radius 3 is 2.70 bits per heavy atom. The largest absolute Gasteiger partial charge is 0.371 e. The van der Waals surface area contributed by atoms with Crippen molar-refractivity contribution in [3.05, 3.63) is 29.8 Å². The van der Waals surface area contributed by atoms with E-state index >= 15 is 0 Å². The summed E-state index contributed by atoms with van der Waals surface area (Å²) in [6, 6.07) is 6.90. The van der Waals surface area contributed by atoms with Crippen molar-refractivity contribution in [1.29, 1.82) is 0 Å². The molecule has 0 aromatic heterocycles. The predicted molar refractivity (Wildman–Crippen MR) is 85.4 cm³/mol. The van der Waals surface area contributed by atoms with Crippen molar-refractivity contribution >= 4 is 15.9 Å². The second-order valence-electron chi connectivity index (χ2n) is 6.51. The molecule has 2 aliphatic rings. The molecule has 7 heteroatoms. The van der Waals surface area contributed by atoms with Gasteiger partial charge in [-0.05, 0) is 31.0 Å². The fraction of sp³-hybridized carbons (Fsp3) is 0.562. The van der Waals surface area contributed by atoms with Gasteiger partial charge in [-0.3, -0.25) is 4.79 Å². The molecule has 0 aliphatic carbocycles. The van der Waals surface area contributed by atoms with Crippen LogP contribution in [0.25, 0.3) is 0 Å². The molecule has 1 aromatic rings. The van der Waals surface area contributed by atoms with Crippen molar-refractivity contribution in [2.24, 2.45) is 5.92 Å². The van der Waals surface area contributed by atoms with Crippen LogP contribution in [0.2, 0.25) is 0 Å². The number of amides is 1. The molecule has 3 atom stereocenters. The van der Waals surface area contributed by atoms with Gasteiger partial charge in [0.25, 0.3) is 0 Å². The molecule has 2 saturated heterocycles. The summed E-state index contributed by atoms with van der Waals surface area (Å²) in [5.74, 6) is -0.250. The van der Waals surface area contributed by atoms with Crippen molar-refractivity contribution in [2.75, 3.05) is 27.2 Å². The number of sulfonamides is 1. The molecule has 0 N–H and O–H groups in total. The summed E-state index contributed by atoms with van der Waals surface area (Å²) in [7, 11) is -0.123. The van der Waals surface area contributed by atoms with E-state index in [4.69, 9.17) is 4.74 Å². The molecular weight excluding hydrogens is 316 g/mol. The highest BCUT2D eigenvalue weighted by molar-refractivity contribution is 7.89. The first kappa shape index (κ1) is 16.4. The zero-order chi connectivity index (χ0) is 16.8. The van der Waals surface area contributed by atoms with Crippen molar-refractivity contribution in [1.82, 2.24) is 9.21 Å². The molecule has 0 saturated carbocycles. The maximum absolute atomic E-state index is 12.8. The predicted octanol–water partition coefficient (Wildman–Crippen LogP) is 0.861. The number of carbonyl (C=O) groups excluding carboxylic acids is 1. The normalized spacial score (nSPS) is 27.9. The maximum atomic E-state index is 12.8. The second-order valence-corrected chi connectivity index (χ2v) is 8.45. The van der Waals surface area contributed by atoms with Crippen LogP contribution >= 0.6 is 0 Å². The first-order chi connectivity index (χ1) is 10.8. The third-order valence-electron chi connectivity index (χ3n) is 4.51. The summed E-state index contributed by atoms with van der Waals surface area (Å²) >= 11 is 0. The SMILES string of the molecule is Cc1cccc(S(=O)(=O)N2C[C@H]3C[C@H](C(=O)N(C)C)[C@@H](C2)O3)c1. The van der Waals surface area contributed by atoms with Gasteiger partial charge >= 0.3 is 0 Å². The first-order valence-corrected chi connectivity index (χ1v) is 9.16. The average molecular weight is 338 g/mol. The van der Waals surface area contributed by atoms with Crippen LogP contribution in [0.3, 0.4) is 0 Å². The van der Waals surface area contributed by atoms with E-state index in [1.165, 1.54) is 4.31 Å². The number of benzene rings is 1. The molecular formula is C16H22N2O4S. The van der Waals surface area contributed by atoms with Gasteiger partial charge in [-0.25, -0.2) is 8.42 Å². The second kappa shape index (κ2) is 5.89. The van der Waals surface area contributed by atoms with Gasteiger partial charge in [0.2, 0.25) is 15.9 Å². The highest BCUT2D eigenvalue weighted by Crippen LogP contribution is 2.35. The molecule has 0 spiro atoms. The average Bonchev–Trinajstić information content (AvgIpc) is 2.80. The van der Waals surface area contributed by atoms with Crippen LogP contribution in [-0.4, -0.2) is 62.9 Å². The van der Waals surface area contributed by atoms with Gasteiger partial charge in [0.15, 0.2) is 0 Å². The number of aryl methyl sites for hydroxylation is 1. The Labute approximate surface area is 137 Å². The molecule has 0 radical (unpaired) electrons. The van der Waals surface area contributed by atoms with E-state index in [2.05, 4.69) is 0 Å². The number of nitrogens with zero attached hydrogens (tertiary/aromatic N) is 2. The van der Waals surface area contributed by atoms with Crippen molar-refractivity contribution < 1.29 is 17.9 Å². The molecule has 6 nitrogen and oxygen atoms in total. The minimum absolute atomic E-state index is 0.00676. The molecule has 3 rings (SSSR count). The zero-order valence-electron chi connectivity index (χ0n) is 13.6. The Hall–Kier alpha value is -1.44. The van der Waals surface area contributed by atoms with Crippen LogP contribution in [0.5, 0.6) is 0 Å². The number of morpholine rings is 1. The van der Waals surface area contributed by atoms with Crippen molar-refractivity contribution in [3.8, 4) is 0 Å². The molecule has 2 heterocycles. The van der Waals surface area contributed by atoms with E-state index in [1.54, 1.807) is 37.2 Å². The number of carbonyl (C=O) groups is 1. The fourth-order valence-electron chi connectivity index (χ4n) is 3.34. The van der Waals surface area contributed by atoms with E-state index < -0.39 is 10.0 Å². The third kappa shape index (κ3) is 3.00. The number of rotatable bonds is 3. The molecule has 1 amide bonds. The quantitative estimate of drug-likeness (QED) is 0.820. The van der Waals surface area contributed by atoms with E-state index in [1.807, 2.05) is 13.0 Å². The van der Waals surface area contributed by atoms with Crippen LogP contribution in [0.15, 0.2) is 29.2 Å². The smallest absolute Gasteiger partial charge is 0.243 e. The molecule has 0 unspecified atom stereocenters. The van der Waals surface area contributed by atoms with E-state index in [-0.39, 0.29) is 30.6 Å². The molecule has 2 aliphatic heterocycles. The maximum Gasteiger partial charge on any atom is 0.243 e. The molecule has 126 valence electrons. The summed E-state index contributed by atoms with van der Waals surface area (Å²) in [6.07, 6.45) is 0.0205. The summed E-state index contributed by atoms with van der Waals surface area (Å²) in [4.78, 5) is 14.1. The minimum Gasteiger partial charge on any atom is -0.371 e. The first-order valence-electron chi connectivity index (χ1n) is 7.72. The van der Waals surface area contributed by atoms with Crippen LogP contribution in [0.4, 0.5) is 0 Å². The monoisotopic (exact) mass is 338 g/mol. The van der Waals surface area contributed by atoms with Gasteiger partial charge in [0.1, 0.15) is 0 Å². The lowest BCUT2D eigenvalue weighted by molar-refractivity contribution is -0.135. The van der Waals surface area contributed by atoms with Crippen LogP contribution < -0.4 is 0 Å². The van der Waals surface area contributed by atoms with Crippen molar-refractivity contribution in [3.63, 3.8) is 0 Å². The minimum atomic E-state index is -3.55. The number of fused-ring (bicyclic) bond motifs is 2. The van der Waals surface area contributed by atoms with Gasteiger partial charge in [0, 0.05) is 27.2 Å². The Morgan fingerprint density at radius 1 is 1.30 bits per heavy atom. The van der Waals surface area contributed by atoms with Gasteiger partial charge < -0.3 is 9.64 Å². The lowest BCUT2D eigenvalue weighted by atomic mass is 9.99. The Morgan fingerprint density at radius 2 is 2.04 bits per heavy atom. The number of hydrogen-bond acceptors (Lipinski definition) is 4. The highest BCUT2D eigenvalue weighted by atomic mass is 32.2. The molecule has 2 fully saturated rings. The van der Waals surface area contributed by atoms with Crippen LogP contribution in [-0.2, 0) is 19.6 Å². The third-order valence-corrected chi connectivity index (χ3v) is 6.34. The summed E-state index contributed by atoms with van der Waals surface area (Å²) in [6.45, 7) is 2.41. The Balaban J connectivity index is 1.83. The molecule has 23 heavy (non-hydrogen) atoms. The summed E-state index contributed by atoms with van der Waals surface area (Å²) in [5.41, 5.74) is 0.906. The van der Waals surface area contributed by atoms with E-state index in [9.17, 15) is 13.2 Å². The number of hydrogen-bond donors (Lipinski definition) is 0. The topological polar surface area (TPSA) is 66.9 Å². The summed E-state index contributed by atoms with van der Waals surface area (Å²) in [5, 5.41) is 0. The Bertz CT molecular complexity index is 717. The highest BCUT2D eigenvalue weighted by Gasteiger charge is 2.47. The fourth-order valence-corrected chi connectivity index (χ4v) is 4.92. The van der Waals surface area contributed by atoms with Gasteiger partial charge in [-0.15, -0.1) is 0 Å². The van der Waals surface area contributed by atoms with Crippen molar-refractivity contribution in [2.45, 2.75) is 30.4 Å². The standard InChI is InChI=1S/C16H22N2O4S/c1-11-5-4-6-13(7-11)23(20,21)18-9-12-8-14(15(10-18)22-12)16(19)17(2)3/h4-7,12,14-15H,8-10H2,1-3H3/t12-,14+,15-/m1/s1. The van der Waals surface area contributed by atoms with Gasteiger partial charge in [-0.2, -0.15) is 4.31 Å². The number of ether oxygens (including phenoxy) is 1. The zero-order valence-corrected chi connectivity index (χ0v) is 14.4. The van der Waals surface area contributed by atoms with Gasteiger partial charge in [0.05, 0.1) is 23.0 Å². The molecule has 1 aromatic carbocycles. The van der Waals surface area contributed by atoms with Crippen LogP contribution in [0.1, 0.15) is 12.0 Å². The van der Waals surface area contributed by atoms with Crippen LogP contribution in [0, 0.1) is 12.8 Å². The lowest BCUT2D eigenvalue weighted by Gasteiger charge is -2.32. The van der Waals surface area contributed by atoms with Gasteiger partial charge in [-0.1, -0.05) is 12.1 Å². The Kier molecular flexibility index (Phi) is 4.20. The van der Waals surface area contributed by atoms with E-state index in [0.717, 1.165) is 5.56 Å². The lowest BCUT2D eigenvalue weighted by Crippen LogP contribution is -2.47. The molecule has 2 bridgehead atoms. The van der Waals surface area contributed by atoms with E-state index in [0.29, 0.717) is 17.9 Å². The summed E-state index contributed by atoms with van der Waals surface area (Å²) < 4.78 is 33.0.